The molecule has 0 aliphatic carbocycles. The summed E-state index contributed by atoms with van der Waals surface area (Å²) in [6.07, 6.45) is 1.31. The Hall–Kier alpha value is -1.61. The number of hydrogen-bond donors (Lipinski definition) is 2. The smallest absolute Gasteiger partial charge is 0.223 e. The molecule has 0 bridgehead atoms. The van der Waals surface area contributed by atoms with Crippen LogP contribution in [0.1, 0.15) is 42.5 Å². The molecule has 156 valence electrons. The Morgan fingerprint density at radius 2 is 1.76 bits per heavy atom. The second-order valence-corrected chi connectivity index (χ2v) is 7.86. The van der Waals surface area contributed by atoms with Crippen molar-refractivity contribution in [1.29, 1.82) is 0 Å². The number of halogens is 2. The van der Waals surface area contributed by atoms with Crippen molar-refractivity contribution >= 4 is 51.8 Å². The van der Waals surface area contributed by atoms with Crippen molar-refractivity contribution in [3.63, 3.8) is 0 Å². The molecule has 1 aliphatic rings. The SMILES string of the molecule is CN=C(NCCCC(=O)N1Cc2ccccc2C1)NC(C)c1ccccc1Br.I. The van der Waals surface area contributed by atoms with Crippen LogP contribution in [-0.4, -0.2) is 30.4 Å². The number of nitrogens with one attached hydrogen (secondary N) is 2. The fourth-order valence-electron chi connectivity index (χ4n) is 3.42. The topological polar surface area (TPSA) is 56.7 Å². The summed E-state index contributed by atoms with van der Waals surface area (Å²) in [6, 6.07) is 16.5. The first kappa shape index (κ1) is 23.7. The monoisotopic (exact) mass is 570 g/mol. The molecule has 5 nitrogen and oxygen atoms in total. The Bertz CT molecular complexity index is 833. The Morgan fingerprint density at radius 3 is 2.38 bits per heavy atom. The third kappa shape index (κ3) is 6.44. The number of guanidine groups is 1. The highest BCUT2D eigenvalue weighted by Gasteiger charge is 2.22. The van der Waals surface area contributed by atoms with Crippen LogP contribution < -0.4 is 10.6 Å². The van der Waals surface area contributed by atoms with Gasteiger partial charge in [0.1, 0.15) is 0 Å². The number of carbonyl (C=O) groups is 1. The molecule has 1 amide bonds. The lowest BCUT2D eigenvalue weighted by atomic mass is 10.1. The highest BCUT2D eigenvalue weighted by Crippen LogP contribution is 2.23. The summed E-state index contributed by atoms with van der Waals surface area (Å²) in [5.74, 6) is 0.951. The van der Waals surface area contributed by atoms with E-state index in [1.165, 1.54) is 16.7 Å². The maximum Gasteiger partial charge on any atom is 0.223 e. The van der Waals surface area contributed by atoms with Gasteiger partial charge in [-0.3, -0.25) is 9.79 Å². The van der Waals surface area contributed by atoms with Crippen LogP contribution in [0.3, 0.4) is 0 Å². The standard InChI is InChI=1S/C22H27BrN4O.HI/c1-16(19-10-5-6-11-20(19)23)26-22(24-2)25-13-7-12-21(28)27-14-17-8-3-4-9-18(17)15-27;/h3-6,8-11,16H,7,12-15H2,1-2H3,(H2,24,25,26);1H. The molecule has 29 heavy (non-hydrogen) atoms. The lowest BCUT2D eigenvalue weighted by Crippen LogP contribution is -2.39. The van der Waals surface area contributed by atoms with Crippen LogP contribution in [0.25, 0.3) is 0 Å². The molecule has 1 aliphatic heterocycles. The van der Waals surface area contributed by atoms with Gasteiger partial charge in [-0.1, -0.05) is 58.4 Å². The third-order valence-corrected chi connectivity index (χ3v) is 5.72. The first-order valence-electron chi connectivity index (χ1n) is 9.64. The quantitative estimate of drug-likeness (QED) is 0.231. The van der Waals surface area contributed by atoms with Crippen LogP contribution in [0.4, 0.5) is 0 Å². The zero-order valence-electron chi connectivity index (χ0n) is 16.8. The van der Waals surface area contributed by atoms with Crippen LogP contribution >= 0.6 is 39.9 Å². The molecule has 2 aromatic rings. The third-order valence-electron chi connectivity index (χ3n) is 5.00. The molecule has 0 spiro atoms. The van der Waals surface area contributed by atoms with Crippen LogP contribution in [-0.2, 0) is 17.9 Å². The summed E-state index contributed by atoms with van der Waals surface area (Å²) in [5.41, 5.74) is 3.70. The van der Waals surface area contributed by atoms with E-state index in [-0.39, 0.29) is 35.9 Å². The zero-order chi connectivity index (χ0) is 19.9. The van der Waals surface area contributed by atoms with E-state index in [0.717, 1.165) is 29.9 Å². The van der Waals surface area contributed by atoms with Gasteiger partial charge in [0, 0.05) is 37.6 Å². The summed E-state index contributed by atoms with van der Waals surface area (Å²) in [5, 5.41) is 6.70. The average Bonchev–Trinajstić information content (AvgIpc) is 3.14. The van der Waals surface area contributed by atoms with E-state index in [1.54, 1.807) is 7.05 Å². The molecule has 2 N–H and O–H groups in total. The van der Waals surface area contributed by atoms with Crippen molar-refractivity contribution in [2.24, 2.45) is 4.99 Å². The van der Waals surface area contributed by atoms with Gasteiger partial charge in [0.25, 0.3) is 0 Å². The highest BCUT2D eigenvalue weighted by molar-refractivity contribution is 14.0. The van der Waals surface area contributed by atoms with Gasteiger partial charge < -0.3 is 15.5 Å². The van der Waals surface area contributed by atoms with Crippen molar-refractivity contribution in [2.45, 2.75) is 38.9 Å². The van der Waals surface area contributed by atoms with Gasteiger partial charge in [0.15, 0.2) is 5.96 Å². The van der Waals surface area contributed by atoms with E-state index in [1.807, 2.05) is 35.2 Å². The average molecular weight is 571 g/mol. The minimum atomic E-state index is 0. The Kier molecular flexibility index (Phi) is 9.42. The number of benzene rings is 2. The van der Waals surface area contributed by atoms with Crippen LogP contribution in [0, 0.1) is 0 Å². The Morgan fingerprint density at radius 1 is 1.14 bits per heavy atom. The molecule has 0 aromatic heterocycles. The molecule has 7 heteroatoms. The van der Waals surface area contributed by atoms with E-state index in [0.29, 0.717) is 13.0 Å². The zero-order valence-corrected chi connectivity index (χ0v) is 20.7. The molecular formula is C22H28BrIN4O. The van der Waals surface area contributed by atoms with E-state index >= 15 is 0 Å². The molecule has 3 rings (SSSR count). The first-order valence-corrected chi connectivity index (χ1v) is 10.4. The van der Waals surface area contributed by atoms with Crippen molar-refractivity contribution in [2.75, 3.05) is 13.6 Å². The van der Waals surface area contributed by atoms with E-state index in [9.17, 15) is 4.79 Å². The van der Waals surface area contributed by atoms with E-state index in [4.69, 9.17) is 0 Å². The van der Waals surface area contributed by atoms with Crippen molar-refractivity contribution in [3.8, 4) is 0 Å². The number of hydrogen-bond acceptors (Lipinski definition) is 2. The summed E-state index contributed by atoms with van der Waals surface area (Å²) < 4.78 is 1.07. The summed E-state index contributed by atoms with van der Waals surface area (Å²) >= 11 is 3.59. The van der Waals surface area contributed by atoms with Crippen LogP contribution in [0.5, 0.6) is 0 Å². The molecule has 1 heterocycles. The minimum Gasteiger partial charge on any atom is -0.356 e. The predicted molar refractivity (Wildman–Crippen MR) is 132 cm³/mol. The highest BCUT2D eigenvalue weighted by atomic mass is 127. The number of carbonyl (C=O) groups excluding carboxylic acids is 1. The number of amides is 1. The fraction of sp³-hybridized carbons (Fsp3) is 0.364. The van der Waals surface area contributed by atoms with Crippen molar-refractivity contribution in [1.82, 2.24) is 15.5 Å². The summed E-state index contributed by atoms with van der Waals surface area (Å²) in [7, 11) is 1.76. The maximum atomic E-state index is 12.5. The van der Waals surface area contributed by atoms with Gasteiger partial charge in [0.2, 0.25) is 5.91 Å². The van der Waals surface area contributed by atoms with Gasteiger partial charge in [-0.05, 0) is 36.1 Å². The minimum absolute atomic E-state index is 0. The van der Waals surface area contributed by atoms with E-state index in [2.05, 4.69) is 56.7 Å². The fourth-order valence-corrected chi connectivity index (χ4v) is 4.05. The molecule has 0 saturated carbocycles. The van der Waals surface area contributed by atoms with Gasteiger partial charge >= 0.3 is 0 Å². The predicted octanol–water partition coefficient (Wildman–Crippen LogP) is 4.62. The molecule has 2 aromatic carbocycles. The van der Waals surface area contributed by atoms with Crippen molar-refractivity contribution in [3.05, 3.63) is 69.7 Å². The lowest BCUT2D eigenvalue weighted by molar-refractivity contribution is -0.131. The van der Waals surface area contributed by atoms with E-state index < -0.39 is 0 Å². The number of rotatable bonds is 6. The summed E-state index contributed by atoms with van der Waals surface area (Å²) in [4.78, 5) is 18.7. The largest absolute Gasteiger partial charge is 0.356 e. The van der Waals surface area contributed by atoms with Crippen LogP contribution in [0.15, 0.2) is 58.0 Å². The molecule has 0 radical (unpaired) electrons. The maximum absolute atomic E-state index is 12.5. The Balaban J connectivity index is 0.00000300. The molecular weight excluding hydrogens is 543 g/mol. The lowest BCUT2D eigenvalue weighted by Gasteiger charge is -2.19. The molecule has 0 fully saturated rings. The van der Waals surface area contributed by atoms with Gasteiger partial charge in [-0.25, -0.2) is 0 Å². The normalized spacial score (nSPS) is 14.0. The van der Waals surface area contributed by atoms with Gasteiger partial charge in [-0.2, -0.15) is 0 Å². The van der Waals surface area contributed by atoms with Gasteiger partial charge in [0.05, 0.1) is 6.04 Å². The molecule has 0 saturated heterocycles. The van der Waals surface area contributed by atoms with Gasteiger partial charge in [-0.15, -0.1) is 24.0 Å². The number of fused-ring (bicyclic) bond motifs is 1. The Labute approximate surface area is 198 Å². The van der Waals surface area contributed by atoms with Crippen molar-refractivity contribution < 1.29 is 4.79 Å². The van der Waals surface area contributed by atoms with Crippen LogP contribution in [0.2, 0.25) is 0 Å². The molecule has 1 atom stereocenters. The summed E-state index contributed by atoms with van der Waals surface area (Å²) in [6.45, 7) is 4.26. The first-order chi connectivity index (χ1) is 13.6. The number of nitrogens with zero attached hydrogens (tertiary/aromatic N) is 2. The second kappa shape index (κ2) is 11.5. The molecule has 1 unspecified atom stereocenters. The second-order valence-electron chi connectivity index (χ2n) is 7.01. The number of aliphatic imine (C=N–C) groups is 1.